The molecule has 0 aliphatic rings. The quantitative estimate of drug-likeness (QED) is 0.630. The number of rotatable bonds is 4. The zero-order valence-electron chi connectivity index (χ0n) is 13.6. The SMILES string of the molecule is CC(=O)N(c1ccccc1)c1nc(C=C(C#N)c2nc(C)cs2)cs1. The van der Waals surface area contributed by atoms with E-state index in [1.807, 2.05) is 48.0 Å². The van der Waals surface area contributed by atoms with Crippen molar-refractivity contribution in [2.75, 3.05) is 4.90 Å². The zero-order chi connectivity index (χ0) is 17.8. The number of nitriles is 1. The van der Waals surface area contributed by atoms with Gasteiger partial charge in [-0.25, -0.2) is 9.97 Å². The molecule has 0 fully saturated rings. The second kappa shape index (κ2) is 7.38. The lowest BCUT2D eigenvalue weighted by atomic mass is 10.2. The lowest BCUT2D eigenvalue weighted by molar-refractivity contribution is -0.115. The van der Waals surface area contributed by atoms with Crippen LogP contribution in [0.4, 0.5) is 10.8 Å². The lowest BCUT2D eigenvalue weighted by Crippen LogP contribution is -2.22. The van der Waals surface area contributed by atoms with Crippen molar-refractivity contribution in [1.82, 2.24) is 9.97 Å². The number of anilines is 2. The van der Waals surface area contributed by atoms with Gasteiger partial charge in [-0.15, -0.1) is 22.7 Å². The number of hydrogen-bond donors (Lipinski definition) is 0. The van der Waals surface area contributed by atoms with Crippen molar-refractivity contribution in [3.8, 4) is 6.07 Å². The highest BCUT2D eigenvalue weighted by atomic mass is 32.1. The molecule has 25 heavy (non-hydrogen) atoms. The maximum absolute atomic E-state index is 12.1. The molecule has 5 nitrogen and oxygen atoms in total. The number of benzene rings is 1. The number of amides is 1. The predicted octanol–water partition coefficient (Wildman–Crippen LogP) is 4.66. The minimum absolute atomic E-state index is 0.118. The largest absolute Gasteiger partial charge is 0.274 e. The van der Waals surface area contributed by atoms with Gasteiger partial charge in [0.05, 0.1) is 17.0 Å². The Morgan fingerprint density at radius 3 is 2.56 bits per heavy atom. The van der Waals surface area contributed by atoms with Crippen molar-refractivity contribution in [3.63, 3.8) is 0 Å². The molecule has 0 N–H and O–H groups in total. The van der Waals surface area contributed by atoms with E-state index < -0.39 is 0 Å². The monoisotopic (exact) mass is 366 g/mol. The summed E-state index contributed by atoms with van der Waals surface area (Å²) in [5.74, 6) is -0.118. The molecule has 0 aliphatic heterocycles. The van der Waals surface area contributed by atoms with E-state index in [1.54, 1.807) is 11.0 Å². The Morgan fingerprint density at radius 2 is 1.96 bits per heavy atom. The summed E-state index contributed by atoms with van der Waals surface area (Å²) in [4.78, 5) is 22.5. The summed E-state index contributed by atoms with van der Waals surface area (Å²) in [5.41, 5.74) is 2.73. The van der Waals surface area contributed by atoms with E-state index >= 15 is 0 Å². The molecule has 124 valence electrons. The van der Waals surface area contributed by atoms with Crippen LogP contribution < -0.4 is 4.90 Å². The van der Waals surface area contributed by atoms with Gasteiger partial charge in [0, 0.05) is 23.4 Å². The van der Waals surface area contributed by atoms with E-state index in [4.69, 9.17) is 0 Å². The minimum atomic E-state index is -0.118. The van der Waals surface area contributed by atoms with E-state index in [9.17, 15) is 10.1 Å². The highest BCUT2D eigenvalue weighted by Crippen LogP contribution is 2.30. The highest BCUT2D eigenvalue weighted by Gasteiger charge is 2.17. The molecule has 0 saturated heterocycles. The molecule has 0 atom stereocenters. The molecule has 2 aromatic heterocycles. The van der Waals surface area contributed by atoms with E-state index in [0.29, 0.717) is 21.4 Å². The van der Waals surface area contributed by atoms with Crippen LogP contribution in [0, 0.1) is 18.3 Å². The van der Waals surface area contributed by atoms with Gasteiger partial charge in [-0.05, 0) is 25.1 Å². The van der Waals surface area contributed by atoms with Crippen molar-refractivity contribution < 1.29 is 4.79 Å². The summed E-state index contributed by atoms with van der Waals surface area (Å²) in [5, 5.41) is 14.4. The van der Waals surface area contributed by atoms with Crippen LogP contribution in [0.1, 0.15) is 23.3 Å². The van der Waals surface area contributed by atoms with E-state index in [-0.39, 0.29) is 5.91 Å². The number of hydrogen-bond acceptors (Lipinski definition) is 6. The van der Waals surface area contributed by atoms with Crippen LogP contribution in [0.2, 0.25) is 0 Å². The molecule has 3 rings (SSSR count). The Morgan fingerprint density at radius 1 is 1.20 bits per heavy atom. The predicted molar refractivity (Wildman–Crippen MR) is 102 cm³/mol. The van der Waals surface area contributed by atoms with Crippen molar-refractivity contribution in [3.05, 3.63) is 57.5 Å². The van der Waals surface area contributed by atoms with Gasteiger partial charge < -0.3 is 0 Å². The molecule has 7 heteroatoms. The fraction of sp³-hybridized carbons (Fsp3) is 0.111. The average molecular weight is 366 g/mol. The fourth-order valence-corrected chi connectivity index (χ4v) is 3.82. The first kappa shape index (κ1) is 17.0. The first-order valence-corrected chi connectivity index (χ1v) is 9.20. The van der Waals surface area contributed by atoms with Gasteiger partial charge in [0.15, 0.2) is 5.13 Å². The summed E-state index contributed by atoms with van der Waals surface area (Å²) in [6, 6.07) is 11.5. The van der Waals surface area contributed by atoms with Gasteiger partial charge >= 0.3 is 0 Å². The van der Waals surface area contributed by atoms with Crippen LogP contribution in [0.5, 0.6) is 0 Å². The summed E-state index contributed by atoms with van der Waals surface area (Å²) >= 11 is 2.78. The molecule has 0 radical (unpaired) electrons. The maximum Gasteiger partial charge on any atom is 0.230 e. The molecule has 3 aromatic rings. The van der Waals surface area contributed by atoms with Crippen LogP contribution in [0.25, 0.3) is 11.6 Å². The van der Waals surface area contributed by atoms with Crippen LogP contribution in [-0.2, 0) is 4.79 Å². The van der Waals surface area contributed by atoms with Crippen molar-refractivity contribution in [1.29, 1.82) is 5.26 Å². The number of aryl methyl sites for hydroxylation is 1. The Kier molecular flexibility index (Phi) is 5.03. The van der Waals surface area contributed by atoms with Crippen LogP contribution in [0.15, 0.2) is 41.1 Å². The molecule has 0 spiro atoms. The van der Waals surface area contributed by atoms with Gasteiger partial charge in [0.2, 0.25) is 5.91 Å². The third-order valence-electron chi connectivity index (χ3n) is 3.29. The first-order valence-electron chi connectivity index (χ1n) is 7.44. The third kappa shape index (κ3) is 3.82. The topological polar surface area (TPSA) is 69.9 Å². The molecule has 1 amide bonds. The molecule has 0 bridgehead atoms. The molecule has 0 saturated carbocycles. The summed E-state index contributed by atoms with van der Waals surface area (Å²) in [7, 11) is 0. The molecule has 0 aliphatic carbocycles. The highest BCUT2D eigenvalue weighted by molar-refractivity contribution is 7.14. The molecule has 2 heterocycles. The molecular weight excluding hydrogens is 352 g/mol. The number of nitrogens with zero attached hydrogens (tertiary/aromatic N) is 4. The van der Waals surface area contributed by atoms with Gasteiger partial charge in [0.1, 0.15) is 11.1 Å². The minimum Gasteiger partial charge on any atom is -0.274 e. The summed E-state index contributed by atoms with van der Waals surface area (Å²) < 4.78 is 0. The lowest BCUT2D eigenvalue weighted by Gasteiger charge is -2.17. The fourth-order valence-electron chi connectivity index (χ4n) is 2.22. The van der Waals surface area contributed by atoms with Crippen molar-refractivity contribution in [2.45, 2.75) is 13.8 Å². The summed E-state index contributed by atoms with van der Waals surface area (Å²) in [6.45, 7) is 3.39. The molecule has 0 unspecified atom stereocenters. The van der Waals surface area contributed by atoms with Crippen LogP contribution >= 0.6 is 22.7 Å². The maximum atomic E-state index is 12.1. The first-order chi connectivity index (χ1) is 12.1. The van der Waals surface area contributed by atoms with Crippen molar-refractivity contribution in [2.24, 2.45) is 0 Å². The van der Waals surface area contributed by atoms with Crippen LogP contribution in [0.3, 0.4) is 0 Å². The Balaban J connectivity index is 1.95. The molecular formula is C18H14N4OS2. The third-order valence-corrected chi connectivity index (χ3v) is 5.13. The van der Waals surface area contributed by atoms with Gasteiger partial charge in [-0.3, -0.25) is 9.69 Å². The van der Waals surface area contributed by atoms with E-state index in [1.165, 1.54) is 29.6 Å². The second-order valence-electron chi connectivity index (χ2n) is 5.21. The van der Waals surface area contributed by atoms with E-state index in [0.717, 1.165) is 11.4 Å². The van der Waals surface area contributed by atoms with Gasteiger partial charge in [-0.2, -0.15) is 5.26 Å². The Labute approximate surface area is 153 Å². The zero-order valence-corrected chi connectivity index (χ0v) is 15.3. The normalized spacial score (nSPS) is 11.2. The number of aromatic nitrogens is 2. The van der Waals surface area contributed by atoms with Crippen LogP contribution in [-0.4, -0.2) is 15.9 Å². The van der Waals surface area contributed by atoms with E-state index in [2.05, 4.69) is 16.0 Å². The second-order valence-corrected chi connectivity index (χ2v) is 6.90. The number of carbonyl (C=O) groups is 1. The van der Waals surface area contributed by atoms with Gasteiger partial charge in [0.25, 0.3) is 0 Å². The number of thiazole rings is 2. The molecule has 1 aromatic carbocycles. The Hall–Kier alpha value is -2.82. The average Bonchev–Trinajstić information content (AvgIpc) is 3.23. The summed E-state index contributed by atoms with van der Waals surface area (Å²) in [6.07, 6.45) is 1.70. The standard InChI is InChI=1S/C18H14N4OS2/c1-12-10-24-17(20-12)14(9-19)8-15-11-25-18(21-15)22(13(2)23)16-6-4-3-5-7-16/h3-8,10-11H,1-2H3. The van der Waals surface area contributed by atoms with Crippen molar-refractivity contribution >= 4 is 51.0 Å². The smallest absolute Gasteiger partial charge is 0.230 e. The number of allylic oxidation sites excluding steroid dienone is 1. The number of carbonyl (C=O) groups excluding carboxylic acids is 1. The Bertz CT molecular complexity index is 966. The van der Waals surface area contributed by atoms with Gasteiger partial charge in [-0.1, -0.05) is 18.2 Å². The number of para-hydroxylation sites is 1.